The number of aromatic nitrogens is 2. The maximum atomic E-state index is 11.7. The van der Waals surface area contributed by atoms with E-state index in [9.17, 15) is 14.7 Å². The Morgan fingerprint density at radius 3 is 2.83 bits per heavy atom. The van der Waals surface area contributed by atoms with Crippen molar-refractivity contribution < 1.29 is 14.9 Å². The monoisotopic (exact) mass is 274 g/mol. The van der Waals surface area contributed by atoms with Gasteiger partial charge in [-0.3, -0.25) is 14.3 Å². The number of H-pyrrole nitrogens is 1. The zero-order valence-electron chi connectivity index (χ0n) is 9.65. The lowest BCUT2D eigenvalue weighted by molar-refractivity contribution is -0.0457. The maximum absolute atomic E-state index is 11.7. The summed E-state index contributed by atoms with van der Waals surface area (Å²) in [6, 6.07) is 1.21. The van der Waals surface area contributed by atoms with E-state index in [1.807, 2.05) is 0 Å². The molecule has 0 aromatic carbocycles. The third-order valence-corrected chi connectivity index (χ3v) is 3.95. The number of rotatable bonds is 3. The number of hydrogen-bond donors (Lipinski definition) is 3. The highest BCUT2D eigenvalue weighted by Gasteiger charge is 2.44. The molecule has 1 fully saturated rings. The Morgan fingerprint density at radius 2 is 2.28 bits per heavy atom. The summed E-state index contributed by atoms with van der Waals surface area (Å²) in [5.74, 6) is 0. The van der Waals surface area contributed by atoms with Crippen LogP contribution in [0.4, 0.5) is 0 Å². The molecule has 1 aromatic rings. The van der Waals surface area contributed by atoms with Gasteiger partial charge in [0, 0.05) is 12.3 Å². The molecule has 8 heteroatoms. The van der Waals surface area contributed by atoms with Crippen molar-refractivity contribution in [3.05, 3.63) is 33.1 Å². The van der Waals surface area contributed by atoms with Crippen LogP contribution in [0, 0.1) is 0 Å². The molecule has 18 heavy (non-hydrogen) atoms. The van der Waals surface area contributed by atoms with Crippen LogP contribution in [0.1, 0.15) is 6.23 Å². The largest absolute Gasteiger partial charge is 0.394 e. The van der Waals surface area contributed by atoms with Crippen LogP contribution in [0.3, 0.4) is 0 Å². The van der Waals surface area contributed by atoms with E-state index in [0.29, 0.717) is 0 Å². The van der Waals surface area contributed by atoms with Crippen LogP contribution in [0.25, 0.3) is 0 Å². The predicted octanol–water partition coefficient (Wildman–Crippen LogP) is -1.48. The standard InChI is InChI=1S/C10H14N2O5S/c1-18-8-7(15)5(4-13)17-9(8)12-3-2-6(14)11-10(12)16/h2-3,5,7-9,13,15H,4H2,1H3,(H,11,14,16)/t5-,7-,8+,9+/m1/s1. The van der Waals surface area contributed by atoms with Crippen molar-refractivity contribution in [1.29, 1.82) is 0 Å². The highest BCUT2D eigenvalue weighted by molar-refractivity contribution is 7.99. The fraction of sp³-hybridized carbons (Fsp3) is 0.600. The average molecular weight is 274 g/mol. The molecule has 0 saturated carbocycles. The van der Waals surface area contributed by atoms with Crippen molar-refractivity contribution in [2.24, 2.45) is 0 Å². The summed E-state index contributed by atoms with van der Waals surface area (Å²) in [5, 5.41) is 18.6. The van der Waals surface area contributed by atoms with Crippen LogP contribution in [0.5, 0.6) is 0 Å². The molecule has 0 spiro atoms. The molecule has 100 valence electrons. The first-order valence-electron chi connectivity index (χ1n) is 5.37. The van der Waals surface area contributed by atoms with E-state index >= 15 is 0 Å². The molecule has 0 unspecified atom stereocenters. The predicted molar refractivity (Wildman–Crippen MR) is 65.6 cm³/mol. The van der Waals surface area contributed by atoms with Gasteiger partial charge in [0.05, 0.1) is 18.0 Å². The molecule has 1 saturated heterocycles. The Labute approximate surface area is 106 Å². The number of aliphatic hydroxyl groups excluding tert-OH is 2. The van der Waals surface area contributed by atoms with Crippen LogP contribution in [-0.2, 0) is 4.74 Å². The zero-order chi connectivity index (χ0) is 13.3. The van der Waals surface area contributed by atoms with Gasteiger partial charge in [-0.05, 0) is 6.26 Å². The summed E-state index contributed by atoms with van der Waals surface area (Å²) in [6.07, 6.45) is 0.791. The summed E-state index contributed by atoms with van der Waals surface area (Å²) in [5.41, 5.74) is -1.09. The topological polar surface area (TPSA) is 105 Å². The minimum absolute atomic E-state index is 0.327. The van der Waals surface area contributed by atoms with E-state index < -0.39 is 29.7 Å². The molecule has 1 aliphatic heterocycles. The lowest BCUT2D eigenvalue weighted by Gasteiger charge is -2.19. The Morgan fingerprint density at radius 1 is 1.56 bits per heavy atom. The number of nitrogens with zero attached hydrogens (tertiary/aromatic N) is 1. The third-order valence-electron chi connectivity index (χ3n) is 2.89. The van der Waals surface area contributed by atoms with Crippen molar-refractivity contribution in [2.45, 2.75) is 23.7 Å². The third kappa shape index (κ3) is 2.24. The minimum Gasteiger partial charge on any atom is -0.394 e. The zero-order valence-corrected chi connectivity index (χ0v) is 10.5. The van der Waals surface area contributed by atoms with Gasteiger partial charge >= 0.3 is 5.69 Å². The van der Waals surface area contributed by atoms with Gasteiger partial charge in [0.15, 0.2) is 6.23 Å². The van der Waals surface area contributed by atoms with E-state index in [1.54, 1.807) is 6.26 Å². The van der Waals surface area contributed by atoms with Gasteiger partial charge in [-0.15, -0.1) is 0 Å². The van der Waals surface area contributed by atoms with Gasteiger partial charge in [-0.1, -0.05) is 0 Å². The summed E-state index contributed by atoms with van der Waals surface area (Å²) >= 11 is 1.34. The number of ether oxygens (including phenoxy) is 1. The Balaban J connectivity index is 2.38. The van der Waals surface area contributed by atoms with Crippen LogP contribution >= 0.6 is 11.8 Å². The molecule has 0 radical (unpaired) electrons. The lowest BCUT2D eigenvalue weighted by Crippen LogP contribution is -2.36. The Hall–Kier alpha value is -1.09. The number of hydrogen-bond acceptors (Lipinski definition) is 6. The van der Waals surface area contributed by atoms with Gasteiger partial charge in [-0.25, -0.2) is 4.79 Å². The molecule has 3 N–H and O–H groups in total. The highest BCUT2D eigenvalue weighted by Crippen LogP contribution is 2.35. The second kappa shape index (κ2) is 5.27. The van der Waals surface area contributed by atoms with Crippen molar-refractivity contribution in [1.82, 2.24) is 9.55 Å². The molecule has 2 rings (SSSR count). The van der Waals surface area contributed by atoms with Crippen LogP contribution in [0.2, 0.25) is 0 Å². The molecular formula is C10H14N2O5S. The molecule has 1 aliphatic rings. The van der Waals surface area contributed by atoms with Crippen LogP contribution < -0.4 is 11.2 Å². The molecule has 0 aliphatic carbocycles. The van der Waals surface area contributed by atoms with Gasteiger partial charge in [0.25, 0.3) is 5.56 Å². The molecular weight excluding hydrogens is 260 g/mol. The number of aliphatic hydroxyl groups is 2. The number of thioether (sulfide) groups is 1. The van der Waals surface area contributed by atoms with E-state index in [0.717, 1.165) is 0 Å². The summed E-state index contributed by atoms with van der Waals surface area (Å²) in [6.45, 7) is -0.327. The molecule has 2 heterocycles. The smallest absolute Gasteiger partial charge is 0.330 e. The van der Waals surface area contributed by atoms with Crippen molar-refractivity contribution in [2.75, 3.05) is 12.9 Å². The van der Waals surface area contributed by atoms with Gasteiger partial charge in [-0.2, -0.15) is 11.8 Å². The van der Waals surface area contributed by atoms with Gasteiger partial charge in [0.1, 0.15) is 6.10 Å². The lowest BCUT2D eigenvalue weighted by atomic mass is 10.2. The fourth-order valence-corrected chi connectivity index (χ4v) is 2.86. The summed E-state index contributed by atoms with van der Waals surface area (Å²) in [4.78, 5) is 24.8. The highest BCUT2D eigenvalue weighted by atomic mass is 32.2. The summed E-state index contributed by atoms with van der Waals surface area (Å²) < 4.78 is 6.66. The quantitative estimate of drug-likeness (QED) is 0.621. The van der Waals surface area contributed by atoms with E-state index in [1.165, 1.54) is 28.6 Å². The SMILES string of the molecule is CS[C@H]1[C@H](O)[C@@H](CO)O[C@@H]1n1ccc(=O)[nH]c1=O. The van der Waals surface area contributed by atoms with E-state index in [2.05, 4.69) is 4.98 Å². The number of nitrogens with one attached hydrogen (secondary N) is 1. The first-order chi connectivity index (χ1) is 8.58. The van der Waals surface area contributed by atoms with Crippen molar-refractivity contribution in [3.63, 3.8) is 0 Å². The second-order valence-electron chi connectivity index (χ2n) is 3.96. The van der Waals surface area contributed by atoms with Gasteiger partial charge < -0.3 is 14.9 Å². The second-order valence-corrected chi connectivity index (χ2v) is 4.97. The van der Waals surface area contributed by atoms with Crippen LogP contribution in [0.15, 0.2) is 21.9 Å². The molecule has 7 nitrogen and oxygen atoms in total. The van der Waals surface area contributed by atoms with Crippen molar-refractivity contribution in [3.8, 4) is 0 Å². The average Bonchev–Trinajstić information content (AvgIpc) is 2.65. The van der Waals surface area contributed by atoms with E-state index in [4.69, 9.17) is 9.84 Å². The van der Waals surface area contributed by atoms with Gasteiger partial charge in [0.2, 0.25) is 0 Å². The number of aromatic amines is 1. The molecule has 4 atom stereocenters. The Bertz CT molecular complexity index is 527. The molecule has 1 aromatic heterocycles. The normalized spacial score (nSPS) is 31.7. The molecule has 0 amide bonds. The first kappa shape index (κ1) is 13.3. The Kier molecular flexibility index (Phi) is 3.91. The van der Waals surface area contributed by atoms with E-state index in [-0.39, 0.29) is 11.9 Å². The fourth-order valence-electron chi connectivity index (χ4n) is 1.98. The minimum atomic E-state index is -0.867. The molecule has 0 bridgehead atoms. The van der Waals surface area contributed by atoms with Crippen LogP contribution in [-0.4, -0.2) is 50.1 Å². The summed E-state index contributed by atoms with van der Waals surface area (Å²) in [7, 11) is 0. The maximum Gasteiger partial charge on any atom is 0.330 e. The van der Waals surface area contributed by atoms with Crippen molar-refractivity contribution >= 4 is 11.8 Å². The first-order valence-corrected chi connectivity index (χ1v) is 6.66.